The molecule has 1 aliphatic rings. The van der Waals surface area contributed by atoms with Gasteiger partial charge in [0, 0.05) is 0 Å². The van der Waals surface area contributed by atoms with Gasteiger partial charge in [-0.2, -0.15) is 0 Å². The molecule has 8 heteroatoms. The van der Waals surface area contributed by atoms with Gasteiger partial charge >= 0.3 is 12.1 Å². The number of halogens is 3. The summed E-state index contributed by atoms with van der Waals surface area (Å²) >= 11 is 16.0. The molecule has 2 atom stereocenters. The van der Waals surface area contributed by atoms with Crippen molar-refractivity contribution in [3.05, 3.63) is 0 Å². The Hall–Kier alpha value is -0.390. The summed E-state index contributed by atoms with van der Waals surface area (Å²) in [5.74, 6) is -0.892. The predicted molar refractivity (Wildman–Crippen MR) is 63.3 cm³/mol. The zero-order chi connectivity index (χ0) is 13.2. The number of rotatable bonds is 3. The minimum atomic E-state index is -2.11. The van der Waals surface area contributed by atoms with E-state index in [0.29, 0.717) is 0 Å². The Balaban J connectivity index is 2.51. The summed E-state index contributed by atoms with van der Waals surface area (Å²) in [5.41, 5.74) is 0. The monoisotopic (exact) mass is 303 g/mol. The number of carbonyl (C=O) groups excluding carboxylic acids is 2. The average molecular weight is 305 g/mol. The second kappa shape index (κ2) is 5.50. The fourth-order valence-corrected chi connectivity index (χ4v) is 1.62. The van der Waals surface area contributed by atoms with Gasteiger partial charge in [0.05, 0.1) is 0 Å². The molecule has 1 fully saturated rings. The lowest BCUT2D eigenvalue weighted by Gasteiger charge is -2.20. The van der Waals surface area contributed by atoms with Crippen LogP contribution in [0.15, 0.2) is 0 Å². The van der Waals surface area contributed by atoms with E-state index < -0.39 is 21.9 Å². The zero-order valence-corrected chi connectivity index (χ0v) is 11.5. The highest BCUT2D eigenvalue weighted by molar-refractivity contribution is 6.75. The first kappa shape index (κ1) is 14.7. The summed E-state index contributed by atoms with van der Waals surface area (Å²) in [6.45, 7) is 3.67. The van der Waals surface area contributed by atoms with Crippen molar-refractivity contribution >= 4 is 46.9 Å². The Morgan fingerprint density at radius 1 is 1.53 bits per heavy atom. The molecule has 98 valence electrons. The first-order valence-electron chi connectivity index (χ1n) is 4.93. The molecule has 1 heterocycles. The van der Waals surface area contributed by atoms with Crippen molar-refractivity contribution in [2.75, 3.05) is 6.61 Å². The van der Waals surface area contributed by atoms with Crippen LogP contribution in [0.5, 0.6) is 0 Å². The molecule has 17 heavy (non-hydrogen) atoms. The Morgan fingerprint density at radius 3 is 2.59 bits per heavy atom. The lowest BCUT2D eigenvalue weighted by molar-refractivity contribution is -0.143. The van der Waals surface area contributed by atoms with Crippen molar-refractivity contribution in [1.29, 1.82) is 0 Å². The lowest BCUT2D eigenvalue weighted by Crippen LogP contribution is -2.40. The SMILES string of the molecule is CC(C)[C@@H]1OC(=O)N[C@@H]1COC(=O)C(Cl)(Cl)Cl. The molecule has 1 saturated heterocycles. The maximum atomic E-state index is 11.2. The maximum Gasteiger partial charge on any atom is 0.407 e. The van der Waals surface area contributed by atoms with E-state index in [9.17, 15) is 9.59 Å². The summed E-state index contributed by atoms with van der Waals surface area (Å²) in [7, 11) is 0. The number of ether oxygens (including phenoxy) is 2. The van der Waals surface area contributed by atoms with Crippen molar-refractivity contribution < 1.29 is 19.1 Å². The number of amides is 1. The second-order valence-electron chi connectivity index (χ2n) is 3.96. The molecule has 0 unspecified atom stereocenters. The van der Waals surface area contributed by atoms with Crippen LogP contribution in [-0.4, -0.2) is 34.6 Å². The summed E-state index contributed by atoms with van der Waals surface area (Å²) in [5, 5.41) is 2.52. The van der Waals surface area contributed by atoms with Crippen LogP contribution < -0.4 is 5.32 Å². The molecule has 5 nitrogen and oxygen atoms in total. The van der Waals surface area contributed by atoms with E-state index in [2.05, 4.69) is 5.32 Å². The second-order valence-corrected chi connectivity index (χ2v) is 6.24. The Bertz CT molecular complexity index is 316. The molecule has 0 saturated carbocycles. The quantitative estimate of drug-likeness (QED) is 0.640. The fraction of sp³-hybridized carbons (Fsp3) is 0.778. The molecule has 0 aromatic carbocycles. The molecule has 1 amide bonds. The largest absolute Gasteiger partial charge is 0.460 e. The van der Waals surface area contributed by atoms with Gasteiger partial charge in [-0.15, -0.1) is 0 Å². The van der Waals surface area contributed by atoms with Crippen LogP contribution in [0.4, 0.5) is 4.79 Å². The van der Waals surface area contributed by atoms with Gasteiger partial charge in [0.15, 0.2) is 0 Å². The van der Waals surface area contributed by atoms with Crippen molar-refractivity contribution in [3.8, 4) is 0 Å². The number of alkyl carbamates (subject to hydrolysis) is 1. The normalized spacial score (nSPS) is 24.5. The highest BCUT2D eigenvalue weighted by Crippen LogP contribution is 2.28. The predicted octanol–water partition coefficient (Wildman–Crippen LogP) is 2.03. The van der Waals surface area contributed by atoms with E-state index in [1.807, 2.05) is 13.8 Å². The zero-order valence-electron chi connectivity index (χ0n) is 9.21. The standard InChI is InChI=1S/C9H12Cl3NO4/c1-4(2)6-5(13-8(15)17-6)3-16-7(14)9(10,11)12/h4-6H,3H2,1-2H3,(H,13,15)/t5-,6+/m1/s1. The van der Waals surface area contributed by atoms with E-state index in [0.717, 1.165) is 0 Å². The summed E-state index contributed by atoms with van der Waals surface area (Å²) in [6, 6.07) is -0.432. The average Bonchev–Trinajstić information content (AvgIpc) is 2.54. The number of esters is 1. The van der Waals surface area contributed by atoms with Crippen molar-refractivity contribution in [2.45, 2.75) is 29.8 Å². The Labute approximate surface area is 114 Å². The molecule has 0 spiro atoms. The minimum Gasteiger partial charge on any atom is -0.460 e. The van der Waals surface area contributed by atoms with Crippen LogP contribution in [0.25, 0.3) is 0 Å². The van der Waals surface area contributed by atoms with Crippen molar-refractivity contribution in [1.82, 2.24) is 5.32 Å². The van der Waals surface area contributed by atoms with Gasteiger partial charge in [-0.25, -0.2) is 9.59 Å². The van der Waals surface area contributed by atoms with Gasteiger partial charge in [-0.3, -0.25) is 0 Å². The third-order valence-electron chi connectivity index (χ3n) is 2.23. The third-order valence-corrected chi connectivity index (χ3v) is 2.69. The molecule has 1 N–H and O–H groups in total. The van der Waals surface area contributed by atoms with Gasteiger partial charge in [-0.05, 0) is 5.92 Å². The summed E-state index contributed by atoms with van der Waals surface area (Å²) in [4.78, 5) is 22.3. The Kier molecular flexibility index (Phi) is 4.75. The van der Waals surface area contributed by atoms with Crippen LogP contribution in [0.1, 0.15) is 13.8 Å². The number of hydrogen-bond acceptors (Lipinski definition) is 4. The van der Waals surface area contributed by atoms with Crippen molar-refractivity contribution in [2.24, 2.45) is 5.92 Å². The van der Waals surface area contributed by atoms with Crippen LogP contribution >= 0.6 is 34.8 Å². The number of alkyl halides is 3. The molecule has 0 aliphatic carbocycles. The number of cyclic esters (lactones) is 1. The maximum absolute atomic E-state index is 11.2. The van der Waals surface area contributed by atoms with E-state index in [1.165, 1.54) is 0 Å². The van der Waals surface area contributed by atoms with E-state index in [-0.39, 0.29) is 18.6 Å². The van der Waals surface area contributed by atoms with E-state index in [4.69, 9.17) is 44.3 Å². The molecular weight excluding hydrogens is 292 g/mol. The topological polar surface area (TPSA) is 64.6 Å². The molecule has 0 bridgehead atoms. The molecule has 1 aliphatic heterocycles. The van der Waals surface area contributed by atoms with Crippen LogP contribution in [-0.2, 0) is 14.3 Å². The van der Waals surface area contributed by atoms with Gasteiger partial charge < -0.3 is 14.8 Å². The smallest absolute Gasteiger partial charge is 0.407 e. The first-order valence-corrected chi connectivity index (χ1v) is 6.06. The van der Waals surface area contributed by atoms with Gasteiger partial charge in [0.25, 0.3) is 3.79 Å². The molecule has 1 rings (SSSR count). The van der Waals surface area contributed by atoms with E-state index >= 15 is 0 Å². The molecule has 0 radical (unpaired) electrons. The summed E-state index contributed by atoms with van der Waals surface area (Å²) < 4.78 is 7.69. The first-order chi connectivity index (χ1) is 7.71. The van der Waals surface area contributed by atoms with Crippen LogP contribution in [0, 0.1) is 5.92 Å². The number of hydrogen-bond donors (Lipinski definition) is 1. The highest BCUT2D eigenvalue weighted by atomic mass is 35.6. The number of nitrogens with one attached hydrogen (secondary N) is 1. The van der Waals surface area contributed by atoms with Gasteiger partial charge in [0.1, 0.15) is 18.8 Å². The van der Waals surface area contributed by atoms with Gasteiger partial charge in [0.2, 0.25) is 0 Å². The minimum absolute atomic E-state index is 0.0883. The Morgan fingerprint density at radius 2 is 2.12 bits per heavy atom. The van der Waals surface area contributed by atoms with Crippen LogP contribution in [0.2, 0.25) is 0 Å². The van der Waals surface area contributed by atoms with E-state index in [1.54, 1.807) is 0 Å². The van der Waals surface area contributed by atoms with Gasteiger partial charge in [-0.1, -0.05) is 48.7 Å². The fourth-order valence-electron chi connectivity index (χ4n) is 1.46. The third kappa shape index (κ3) is 4.08. The molecule has 0 aromatic rings. The van der Waals surface area contributed by atoms with Crippen LogP contribution in [0.3, 0.4) is 0 Å². The van der Waals surface area contributed by atoms with Crippen molar-refractivity contribution in [3.63, 3.8) is 0 Å². The molecule has 0 aromatic heterocycles. The molecular formula is C9H12Cl3NO4. The highest BCUT2D eigenvalue weighted by Gasteiger charge is 2.39. The number of carbonyl (C=O) groups is 2. The summed E-state index contributed by atoms with van der Waals surface area (Å²) in [6.07, 6.45) is -0.913. The lowest BCUT2D eigenvalue weighted by atomic mass is 10.0.